The smallest absolute Gasteiger partial charge is 0.162 e. The highest BCUT2D eigenvalue weighted by atomic mass is 16.5. The molecule has 2 atom stereocenters. The normalized spacial score (nSPS) is 18.4. The van der Waals surface area contributed by atoms with E-state index in [-0.39, 0.29) is 17.7 Å². The predicted molar refractivity (Wildman–Crippen MR) is 162 cm³/mol. The number of nitrogens with zero attached hydrogens (tertiary/aromatic N) is 1. The molecule has 1 heterocycles. The second-order valence-corrected chi connectivity index (χ2v) is 11.0. The number of benzene rings is 4. The summed E-state index contributed by atoms with van der Waals surface area (Å²) in [6.45, 7) is 2.91. The third-order valence-corrected chi connectivity index (χ3v) is 8.19. The molecule has 4 nitrogen and oxygen atoms in total. The van der Waals surface area contributed by atoms with Crippen LogP contribution in [0.5, 0.6) is 5.75 Å². The Balaban J connectivity index is 1.42. The van der Waals surface area contributed by atoms with Gasteiger partial charge in [0.15, 0.2) is 5.78 Å². The van der Waals surface area contributed by atoms with Crippen molar-refractivity contribution in [3.63, 3.8) is 0 Å². The molecule has 1 aliphatic carbocycles. The Kier molecular flexibility index (Phi) is 6.86. The van der Waals surface area contributed by atoms with E-state index in [1.54, 1.807) is 0 Å². The average Bonchev–Trinajstić information content (AvgIpc) is 2.97. The molecular weight excluding hydrogens is 480 g/mol. The summed E-state index contributed by atoms with van der Waals surface area (Å²) in [4.78, 5) is 16.1. The first-order valence-electron chi connectivity index (χ1n) is 14.1. The Bertz CT molecular complexity index is 1530. The number of rotatable bonds is 7. The number of unbranched alkanes of at least 4 members (excludes halogenated alkanes) is 1. The number of carbonyl (C=O) groups is 1. The van der Waals surface area contributed by atoms with Gasteiger partial charge in [-0.1, -0.05) is 67.9 Å². The first-order valence-corrected chi connectivity index (χ1v) is 14.1. The van der Waals surface area contributed by atoms with Crippen LogP contribution in [0.25, 0.3) is 16.3 Å². The minimum Gasteiger partial charge on any atom is -0.494 e. The lowest BCUT2D eigenvalue weighted by Crippen LogP contribution is -2.29. The zero-order valence-corrected chi connectivity index (χ0v) is 23.0. The summed E-state index contributed by atoms with van der Waals surface area (Å²) in [7, 11) is 4.09. The monoisotopic (exact) mass is 516 g/mol. The molecule has 0 bridgehead atoms. The van der Waals surface area contributed by atoms with Crippen molar-refractivity contribution < 1.29 is 9.53 Å². The Labute approximate surface area is 231 Å². The van der Waals surface area contributed by atoms with Crippen LogP contribution in [0.15, 0.2) is 90.5 Å². The summed E-state index contributed by atoms with van der Waals surface area (Å²) < 4.78 is 5.89. The fraction of sp³-hybridized carbons (Fsp3) is 0.286. The van der Waals surface area contributed by atoms with Crippen LogP contribution in [0.4, 0.5) is 11.4 Å². The Morgan fingerprint density at radius 2 is 1.62 bits per heavy atom. The maximum Gasteiger partial charge on any atom is 0.162 e. The van der Waals surface area contributed by atoms with Gasteiger partial charge < -0.3 is 15.0 Å². The molecule has 4 aromatic rings. The highest BCUT2D eigenvalue weighted by Crippen LogP contribution is 2.51. The molecule has 39 heavy (non-hydrogen) atoms. The summed E-state index contributed by atoms with van der Waals surface area (Å²) in [5.41, 5.74) is 7.85. The number of fused-ring (bicyclic) bond motifs is 4. The molecular formula is C35H36N2O2. The largest absolute Gasteiger partial charge is 0.494 e. The number of hydrogen-bond acceptors (Lipinski definition) is 4. The lowest BCUT2D eigenvalue weighted by molar-refractivity contribution is -0.116. The molecule has 0 aromatic heterocycles. The number of ketones is 1. The van der Waals surface area contributed by atoms with E-state index in [0.29, 0.717) is 6.42 Å². The van der Waals surface area contributed by atoms with Gasteiger partial charge in [-0.05, 0) is 76.6 Å². The van der Waals surface area contributed by atoms with Gasteiger partial charge in [0.1, 0.15) is 5.75 Å². The lowest BCUT2D eigenvalue weighted by atomic mass is 9.71. The van der Waals surface area contributed by atoms with Crippen molar-refractivity contribution in [2.24, 2.45) is 0 Å². The van der Waals surface area contributed by atoms with E-state index in [9.17, 15) is 4.79 Å². The number of anilines is 2. The van der Waals surface area contributed by atoms with Crippen molar-refractivity contribution in [3.05, 3.63) is 107 Å². The number of Topliss-reactive ketones (excluding diaryl/α,β-unsaturated/α-hetero) is 1. The zero-order valence-electron chi connectivity index (χ0n) is 23.0. The molecule has 0 saturated heterocycles. The third-order valence-electron chi connectivity index (χ3n) is 8.19. The maximum absolute atomic E-state index is 14.0. The highest BCUT2D eigenvalue weighted by molar-refractivity contribution is 6.13. The fourth-order valence-corrected chi connectivity index (χ4v) is 6.07. The Morgan fingerprint density at radius 3 is 2.36 bits per heavy atom. The molecule has 1 aliphatic heterocycles. The molecule has 4 heteroatoms. The fourth-order valence-electron chi connectivity index (χ4n) is 6.07. The van der Waals surface area contributed by atoms with Crippen molar-refractivity contribution in [2.45, 2.75) is 44.6 Å². The van der Waals surface area contributed by atoms with Gasteiger partial charge in [0.2, 0.25) is 0 Å². The van der Waals surface area contributed by atoms with Crippen molar-refractivity contribution in [1.82, 2.24) is 0 Å². The summed E-state index contributed by atoms with van der Waals surface area (Å²) in [6.07, 6.45) is 3.52. The third kappa shape index (κ3) is 4.80. The summed E-state index contributed by atoms with van der Waals surface area (Å²) in [5, 5.41) is 6.16. The van der Waals surface area contributed by atoms with Crippen molar-refractivity contribution in [3.8, 4) is 5.75 Å². The van der Waals surface area contributed by atoms with Crippen LogP contribution >= 0.6 is 0 Å². The van der Waals surface area contributed by atoms with Crippen molar-refractivity contribution in [2.75, 3.05) is 30.9 Å². The Hall–Kier alpha value is -4.05. The van der Waals surface area contributed by atoms with Gasteiger partial charge in [0, 0.05) is 43.0 Å². The number of hydrogen-bond donors (Lipinski definition) is 1. The first kappa shape index (κ1) is 25.2. The molecule has 2 aliphatic rings. The van der Waals surface area contributed by atoms with E-state index in [4.69, 9.17) is 4.74 Å². The molecule has 0 fully saturated rings. The lowest BCUT2D eigenvalue weighted by Gasteiger charge is -2.37. The van der Waals surface area contributed by atoms with E-state index in [0.717, 1.165) is 54.1 Å². The molecule has 1 N–H and O–H groups in total. The maximum atomic E-state index is 14.0. The van der Waals surface area contributed by atoms with Gasteiger partial charge >= 0.3 is 0 Å². The second kappa shape index (κ2) is 10.6. The van der Waals surface area contributed by atoms with Crippen molar-refractivity contribution >= 4 is 33.5 Å². The van der Waals surface area contributed by atoms with Crippen LogP contribution in [0, 0.1) is 0 Å². The standard InChI is InChI=1S/C35H36N2O2/c1-4-5-20-39-28-17-12-23(13-18-28)26-21-30-33-29-9-7-6-8-24(29)14-19-31(33)36-35(34(30)32(38)22-26)25-10-15-27(16-11-25)37(2)3/h6-19,26,35-36H,4-5,20-22H2,1-3H3/t26-,35+/m1/s1. The average molecular weight is 517 g/mol. The van der Waals surface area contributed by atoms with Gasteiger partial charge in [0.25, 0.3) is 0 Å². The quantitative estimate of drug-likeness (QED) is 0.252. The number of nitrogens with one attached hydrogen (secondary N) is 1. The summed E-state index contributed by atoms with van der Waals surface area (Å²) in [6, 6.07) is 29.7. The summed E-state index contributed by atoms with van der Waals surface area (Å²) in [5.74, 6) is 1.27. The van der Waals surface area contributed by atoms with Gasteiger partial charge in [-0.3, -0.25) is 4.79 Å². The minimum absolute atomic E-state index is 0.141. The first-order chi connectivity index (χ1) is 19.0. The van der Waals surface area contributed by atoms with Crippen LogP contribution in [-0.4, -0.2) is 26.5 Å². The van der Waals surface area contributed by atoms with E-state index in [2.05, 4.69) is 102 Å². The van der Waals surface area contributed by atoms with Gasteiger partial charge in [-0.2, -0.15) is 0 Å². The second-order valence-electron chi connectivity index (χ2n) is 11.0. The van der Waals surface area contributed by atoms with Crippen LogP contribution in [0.2, 0.25) is 0 Å². The van der Waals surface area contributed by atoms with Gasteiger partial charge in [-0.15, -0.1) is 0 Å². The molecule has 4 aromatic carbocycles. The Morgan fingerprint density at radius 1 is 0.872 bits per heavy atom. The highest BCUT2D eigenvalue weighted by Gasteiger charge is 2.38. The van der Waals surface area contributed by atoms with Crippen LogP contribution in [0.3, 0.4) is 0 Å². The molecule has 0 amide bonds. The van der Waals surface area contributed by atoms with E-state index >= 15 is 0 Å². The molecule has 0 saturated carbocycles. The van der Waals surface area contributed by atoms with E-state index < -0.39 is 0 Å². The molecule has 0 spiro atoms. The molecule has 198 valence electrons. The van der Waals surface area contributed by atoms with Gasteiger partial charge in [0.05, 0.1) is 12.6 Å². The molecule has 0 radical (unpaired) electrons. The van der Waals surface area contributed by atoms with Crippen LogP contribution in [-0.2, 0) is 4.79 Å². The SMILES string of the molecule is CCCCOc1ccc([C@H]2CC(=O)C3=C(C2)c2c(ccc4ccccc24)N[C@H]3c2ccc(N(C)C)cc2)cc1. The predicted octanol–water partition coefficient (Wildman–Crippen LogP) is 8.15. The molecule has 6 rings (SSSR count). The minimum atomic E-state index is -0.160. The summed E-state index contributed by atoms with van der Waals surface area (Å²) >= 11 is 0. The topological polar surface area (TPSA) is 41.6 Å². The number of carbonyl (C=O) groups excluding carboxylic acids is 1. The van der Waals surface area contributed by atoms with Crippen molar-refractivity contribution in [1.29, 1.82) is 0 Å². The number of ether oxygens (including phenoxy) is 1. The number of allylic oxidation sites excluding steroid dienone is 1. The van der Waals surface area contributed by atoms with E-state index in [1.807, 2.05) is 14.1 Å². The van der Waals surface area contributed by atoms with Crippen LogP contribution in [0.1, 0.15) is 61.3 Å². The van der Waals surface area contributed by atoms with E-state index in [1.165, 1.54) is 27.5 Å². The van der Waals surface area contributed by atoms with Crippen LogP contribution < -0.4 is 15.0 Å². The van der Waals surface area contributed by atoms with Gasteiger partial charge in [-0.25, -0.2) is 0 Å². The zero-order chi connectivity index (χ0) is 26.9. The molecule has 0 unspecified atom stereocenters.